The molecule has 0 N–H and O–H groups in total. The molecule has 0 aliphatic carbocycles. The summed E-state index contributed by atoms with van der Waals surface area (Å²) in [6, 6.07) is 1.72. The first-order valence-electron chi connectivity index (χ1n) is 17.0. The molecule has 0 unspecified atom stereocenters. The van der Waals surface area contributed by atoms with Crippen molar-refractivity contribution in [2.75, 3.05) is 84.1 Å². The number of methoxy groups -OCH3 is 8. The highest BCUT2D eigenvalue weighted by molar-refractivity contribution is 5.67. The summed E-state index contributed by atoms with van der Waals surface area (Å²) in [5, 5.41) is 0. The lowest BCUT2D eigenvalue weighted by molar-refractivity contribution is 0.0437. The van der Waals surface area contributed by atoms with Gasteiger partial charge in [0, 0.05) is 64.0 Å². The van der Waals surface area contributed by atoms with E-state index in [4.69, 9.17) is 56.8 Å². The van der Waals surface area contributed by atoms with E-state index in [1.165, 1.54) is 0 Å². The molecule has 2 aromatic rings. The average Bonchev–Trinajstić information content (AvgIpc) is 3.13. The van der Waals surface area contributed by atoms with Crippen molar-refractivity contribution in [3.8, 4) is 57.8 Å². The van der Waals surface area contributed by atoms with E-state index >= 15 is 0 Å². The molecular weight excluding hydrogens is 648 g/mol. The van der Waals surface area contributed by atoms with Crippen molar-refractivity contribution in [1.29, 1.82) is 0 Å². The predicted octanol–water partition coefficient (Wildman–Crippen LogP) is 7.12. The van der Waals surface area contributed by atoms with Crippen LogP contribution in [-0.2, 0) is 38.2 Å². The molecule has 0 aliphatic rings. The van der Waals surface area contributed by atoms with Crippen molar-refractivity contribution >= 4 is 0 Å². The lowest BCUT2D eigenvalue weighted by Crippen LogP contribution is -2.11. The summed E-state index contributed by atoms with van der Waals surface area (Å²) in [5.74, 6) is 11.0. The van der Waals surface area contributed by atoms with Gasteiger partial charge in [0.1, 0.15) is 0 Å². The van der Waals surface area contributed by atoms with E-state index in [9.17, 15) is 0 Å². The summed E-state index contributed by atoms with van der Waals surface area (Å²) < 4.78 is 68.5. The maximum absolute atomic E-state index is 6.18. The van der Waals surface area contributed by atoms with E-state index in [0.29, 0.717) is 65.3 Å². The zero-order valence-electron chi connectivity index (χ0n) is 31.6. The first-order chi connectivity index (χ1) is 24.5. The summed E-state index contributed by atoms with van der Waals surface area (Å²) in [6.07, 6.45) is 9.07. The summed E-state index contributed by atoms with van der Waals surface area (Å²) in [7, 11) is 12.7. The molecule has 0 aliphatic heterocycles. The van der Waals surface area contributed by atoms with Gasteiger partial charge in [-0.25, -0.2) is 0 Å². The molecule has 12 heteroatoms. The lowest BCUT2D eigenvalue weighted by atomic mass is 9.96. The zero-order chi connectivity index (χ0) is 36.6. The second-order valence-electron chi connectivity index (χ2n) is 11.2. The van der Waals surface area contributed by atoms with E-state index in [1.54, 1.807) is 62.9 Å². The van der Waals surface area contributed by atoms with Crippen LogP contribution in [0.3, 0.4) is 0 Å². The molecule has 0 amide bonds. The minimum Gasteiger partial charge on any atom is -0.493 e. The third kappa shape index (κ3) is 12.5. The Bertz CT molecular complexity index is 1320. The fourth-order valence-corrected chi connectivity index (χ4v) is 5.52. The second kappa shape index (κ2) is 25.2. The maximum Gasteiger partial charge on any atom is 0.188 e. The Kier molecular flexibility index (Phi) is 21.4. The Morgan fingerprint density at radius 3 is 1.32 bits per heavy atom. The molecule has 0 radical (unpaired) electrons. The molecule has 0 bridgehead atoms. The Balaban J connectivity index is 2.41. The molecule has 0 atom stereocenters. The van der Waals surface area contributed by atoms with Gasteiger partial charge in [0.25, 0.3) is 0 Å². The van der Waals surface area contributed by atoms with Gasteiger partial charge in [-0.3, -0.25) is 0 Å². The van der Waals surface area contributed by atoms with Gasteiger partial charge in [-0.2, -0.15) is 0 Å². The highest BCUT2D eigenvalue weighted by atomic mass is 16.7. The number of hydrogen-bond acceptors (Lipinski definition) is 12. The average molecular weight is 707 g/mol. The monoisotopic (exact) mass is 706 g/mol. The Hall–Kier alpha value is -3.76. The smallest absolute Gasteiger partial charge is 0.188 e. The third-order valence-corrected chi connectivity index (χ3v) is 7.76. The van der Waals surface area contributed by atoms with Gasteiger partial charge >= 0.3 is 0 Å². The third-order valence-electron chi connectivity index (χ3n) is 7.76. The molecule has 2 aromatic carbocycles. The first kappa shape index (κ1) is 42.4. The minimum atomic E-state index is 0.0422. The van der Waals surface area contributed by atoms with E-state index in [2.05, 4.69) is 18.8 Å². The molecule has 12 nitrogen and oxygen atoms in total. The number of ether oxygens (including phenoxy) is 12. The predicted molar refractivity (Wildman–Crippen MR) is 191 cm³/mol. The molecule has 0 saturated heterocycles. The standard InChI is InChI=1S/C38H58O12/c1-10-11-12-13-14-15-17-21-29-35(45-8)38(50-27-42-5)30(36(46-9)37(29)49-26-41-4)22-19-16-18-20-28-33(44-7)32(47-24-39-2)23-31(43-6)34(28)48-25-40-3/h23H,10-12,15-22,24-27H2,1-9H3. The van der Waals surface area contributed by atoms with Crippen molar-refractivity contribution < 1.29 is 56.8 Å². The number of rotatable bonds is 27. The number of hydrogen-bond donors (Lipinski definition) is 0. The van der Waals surface area contributed by atoms with Crippen LogP contribution >= 0.6 is 0 Å². The quantitative estimate of drug-likeness (QED) is 0.0536. The van der Waals surface area contributed by atoms with Crippen molar-refractivity contribution in [2.24, 2.45) is 0 Å². The SMILES string of the molecule is CCCCC#CCCCc1c(OC)c(OCOC)c(CCCCCc2c(OC)c(OCOC)cc(OC)c2OCOC)c(OC)c1OCOC. The van der Waals surface area contributed by atoms with Crippen molar-refractivity contribution in [3.63, 3.8) is 0 Å². The highest BCUT2D eigenvalue weighted by Crippen LogP contribution is 2.50. The number of unbranched alkanes of at least 4 members (excludes halogenated alkanes) is 5. The number of benzene rings is 2. The Labute approximate surface area is 298 Å². The Morgan fingerprint density at radius 1 is 0.420 bits per heavy atom. The van der Waals surface area contributed by atoms with Crippen LogP contribution in [0.5, 0.6) is 46.0 Å². The topological polar surface area (TPSA) is 111 Å². The molecule has 0 fully saturated rings. The molecule has 0 aromatic heterocycles. The van der Waals surface area contributed by atoms with Crippen molar-refractivity contribution in [2.45, 2.75) is 77.6 Å². The molecular formula is C38H58O12. The van der Waals surface area contributed by atoms with E-state index in [1.807, 2.05) is 0 Å². The van der Waals surface area contributed by atoms with Crippen LogP contribution in [0.15, 0.2) is 6.07 Å². The first-order valence-corrected chi connectivity index (χ1v) is 17.0. The summed E-state index contributed by atoms with van der Waals surface area (Å²) in [6.45, 7) is 2.36. The van der Waals surface area contributed by atoms with Gasteiger partial charge in [0.2, 0.25) is 0 Å². The van der Waals surface area contributed by atoms with Crippen LogP contribution in [0.2, 0.25) is 0 Å². The van der Waals surface area contributed by atoms with Crippen LogP contribution in [0.25, 0.3) is 0 Å². The van der Waals surface area contributed by atoms with Crippen LogP contribution < -0.4 is 37.9 Å². The lowest BCUT2D eigenvalue weighted by Gasteiger charge is -2.24. The van der Waals surface area contributed by atoms with Gasteiger partial charge < -0.3 is 56.8 Å². The maximum atomic E-state index is 6.18. The Morgan fingerprint density at radius 2 is 0.860 bits per heavy atom. The molecule has 0 spiro atoms. The van der Waals surface area contributed by atoms with E-state index in [0.717, 1.165) is 68.1 Å². The van der Waals surface area contributed by atoms with Crippen LogP contribution in [0.1, 0.15) is 75.0 Å². The second-order valence-corrected chi connectivity index (χ2v) is 11.2. The largest absolute Gasteiger partial charge is 0.493 e. The van der Waals surface area contributed by atoms with Gasteiger partial charge in [-0.15, -0.1) is 11.8 Å². The summed E-state index contributed by atoms with van der Waals surface area (Å²) >= 11 is 0. The molecule has 2 rings (SSSR count). The highest BCUT2D eigenvalue weighted by Gasteiger charge is 2.28. The van der Waals surface area contributed by atoms with Crippen LogP contribution in [0, 0.1) is 11.8 Å². The van der Waals surface area contributed by atoms with Gasteiger partial charge in [0.15, 0.2) is 73.2 Å². The fourth-order valence-electron chi connectivity index (χ4n) is 5.52. The molecule has 282 valence electrons. The normalized spacial score (nSPS) is 10.7. The van der Waals surface area contributed by atoms with E-state index in [-0.39, 0.29) is 27.2 Å². The summed E-state index contributed by atoms with van der Waals surface area (Å²) in [5.41, 5.74) is 2.48. The fraction of sp³-hybridized carbons (Fsp3) is 0.632. The van der Waals surface area contributed by atoms with Crippen LogP contribution in [-0.4, -0.2) is 84.1 Å². The van der Waals surface area contributed by atoms with Crippen LogP contribution in [0.4, 0.5) is 0 Å². The van der Waals surface area contributed by atoms with Gasteiger partial charge in [0.05, 0.1) is 28.4 Å². The molecule has 0 saturated carbocycles. The van der Waals surface area contributed by atoms with Gasteiger partial charge in [-0.05, 0) is 44.9 Å². The van der Waals surface area contributed by atoms with E-state index < -0.39 is 0 Å². The van der Waals surface area contributed by atoms with Crippen molar-refractivity contribution in [3.05, 3.63) is 22.8 Å². The molecule has 50 heavy (non-hydrogen) atoms. The van der Waals surface area contributed by atoms with Crippen molar-refractivity contribution in [1.82, 2.24) is 0 Å². The minimum absolute atomic E-state index is 0.0422. The molecule has 0 heterocycles. The van der Waals surface area contributed by atoms with Gasteiger partial charge in [-0.1, -0.05) is 19.8 Å². The summed E-state index contributed by atoms with van der Waals surface area (Å²) in [4.78, 5) is 0. The zero-order valence-corrected chi connectivity index (χ0v) is 31.6.